The second-order valence-corrected chi connectivity index (χ2v) is 5.82. The first-order chi connectivity index (χ1) is 9.26. The molecule has 2 saturated heterocycles. The van der Waals surface area contributed by atoms with Crippen molar-refractivity contribution in [3.05, 3.63) is 30.1 Å². The minimum atomic E-state index is 0.0980. The summed E-state index contributed by atoms with van der Waals surface area (Å²) in [4.78, 5) is 18.2. The number of rotatable bonds is 2. The second kappa shape index (κ2) is 5.29. The predicted octanol–water partition coefficient (Wildman–Crippen LogP) is 1.72. The molecule has 1 aromatic heterocycles. The molecule has 102 valence electrons. The molecule has 0 aromatic carbocycles. The van der Waals surface area contributed by atoms with Crippen LogP contribution in [0.5, 0.6) is 0 Å². The Morgan fingerprint density at radius 1 is 1.32 bits per heavy atom. The first kappa shape index (κ1) is 12.6. The van der Waals surface area contributed by atoms with E-state index < -0.39 is 0 Å². The van der Waals surface area contributed by atoms with Crippen molar-refractivity contribution in [2.24, 2.45) is 0 Å². The smallest absolute Gasteiger partial charge is 0.220 e. The van der Waals surface area contributed by atoms with E-state index in [-0.39, 0.29) is 11.4 Å². The molecule has 1 aromatic rings. The zero-order chi connectivity index (χ0) is 13.1. The van der Waals surface area contributed by atoms with Gasteiger partial charge >= 0.3 is 0 Å². The topological polar surface area (TPSA) is 45.2 Å². The lowest BCUT2D eigenvalue weighted by Gasteiger charge is -2.44. The number of likely N-dealkylation sites (tertiary alicyclic amines) is 1. The van der Waals surface area contributed by atoms with Crippen molar-refractivity contribution in [3.8, 4) is 0 Å². The number of hydrogen-bond acceptors (Lipinski definition) is 3. The van der Waals surface area contributed by atoms with Crippen LogP contribution >= 0.6 is 0 Å². The molecule has 19 heavy (non-hydrogen) atoms. The third-order valence-electron chi connectivity index (χ3n) is 4.41. The van der Waals surface area contributed by atoms with Gasteiger partial charge in [-0.15, -0.1) is 0 Å². The summed E-state index contributed by atoms with van der Waals surface area (Å²) in [6, 6.07) is 4.11. The van der Waals surface area contributed by atoms with Gasteiger partial charge in [0.2, 0.25) is 5.91 Å². The molecule has 1 N–H and O–H groups in total. The Labute approximate surface area is 114 Å². The van der Waals surface area contributed by atoms with Gasteiger partial charge in [-0.05, 0) is 37.3 Å². The molecule has 3 heterocycles. The van der Waals surface area contributed by atoms with Crippen LogP contribution in [-0.4, -0.2) is 34.4 Å². The average Bonchev–Trinajstić information content (AvgIpc) is 2.43. The summed E-state index contributed by atoms with van der Waals surface area (Å²) in [5, 5.41) is 3.24. The lowest BCUT2D eigenvalue weighted by molar-refractivity contribution is -0.126. The SMILES string of the molecule is O=C1CCCC2(CCN(Cc3cccnc3)CC2)N1. The number of amides is 1. The Balaban J connectivity index is 1.56. The molecule has 2 aliphatic rings. The summed E-state index contributed by atoms with van der Waals surface area (Å²) in [5.74, 6) is 0.243. The zero-order valence-corrected chi connectivity index (χ0v) is 11.3. The molecule has 4 nitrogen and oxygen atoms in total. The van der Waals surface area contributed by atoms with Crippen LogP contribution < -0.4 is 5.32 Å². The number of carbonyl (C=O) groups is 1. The molecule has 1 spiro atoms. The number of hydrogen-bond donors (Lipinski definition) is 1. The fourth-order valence-electron chi connectivity index (χ4n) is 3.27. The summed E-state index contributed by atoms with van der Waals surface area (Å²) < 4.78 is 0. The van der Waals surface area contributed by atoms with E-state index in [0.717, 1.165) is 45.3 Å². The number of aromatic nitrogens is 1. The first-order valence-corrected chi connectivity index (χ1v) is 7.18. The summed E-state index contributed by atoms with van der Waals surface area (Å²) in [7, 11) is 0. The number of nitrogens with zero attached hydrogens (tertiary/aromatic N) is 2. The van der Waals surface area contributed by atoms with Crippen molar-refractivity contribution < 1.29 is 4.79 Å². The molecule has 3 rings (SSSR count). The Kier molecular flexibility index (Phi) is 3.51. The predicted molar refractivity (Wildman–Crippen MR) is 73.5 cm³/mol. The van der Waals surface area contributed by atoms with E-state index in [1.54, 1.807) is 0 Å². The quantitative estimate of drug-likeness (QED) is 0.879. The van der Waals surface area contributed by atoms with Gasteiger partial charge in [0.25, 0.3) is 0 Å². The normalized spacial score (nSPS) is 23.3. The molecule has 0 bridgehead atoms. The van der Waals surface area contributed by atoms with E-state index in [2.05, 4.69) is 21.3 Å². The Hall–Kier alpha value is -1.42. The first-order valence-electron chi connectivity index (χ1n) is 7.18. The van der Waals surface area contributed by atoms with Crippen molar-refractivity contribution in [2.75, 3.05) is 13.1 Å². The van der Waals surface area contributed by atoms with Gasteiger partial charge < -0.3 is 5.32 Å². The summed E-state index contributed by atoms with van der Waals surface area (Å²) in [5.41, 5.74) is 1.37. The zero-order valence-electron chi connectivity index (χ0n) is 11.3. The van der Waals surface area contributed by atoms with E-state index in [1.807, 2.05) is 18.5 Å². The number of piperidine rings is 2. The van der Waals surface area contributed by atoms with Gasteiger partial charge in [0.15, 0.2) is 0 Å². The summed E-state index contributed by atoms with van der Waals surface area (Å²) >= 11 is 0. The maximum absolute atomic E-state index is 11.6. The van der Waals surface area contributed by atoms with E-state index in [4.69, 9.17) is 0 Å². The molecular weight excluding hydrogens is 238 g/mol. The second-order valence-electron chi connectivity index (χ2n) is 5.82. The van der Waals surface area contributed by atoms with Crippen LogP contribution in [0.15, 0.2) is 24.5 Å². The van der Waals surface area contributed by atoms with Gasteiger partial charge in [0.05, 0.1) is 0 Å². The molecule has 0 radical (unpaired) electrons. The van der Waals surface area contributed by atoms with Crippen molar-refractivity contribution in [1.82, 2.24) is 15.2 Å². The Morgan fingerprint density at radius 2 is 2.16 bits per heavy atom. The van der Waals surface area contributed by atoms with Crippen LogP contribution in [0.4, 0.5) is 0 Å². The summed E-state index contributed by atoms with van der Waals surface area (Å²) in [6.45, 7) is 3.10. The molecule has 2 fully saturated rings. The van der Waals surface area contributed by atoms with E-state index >= 15 is 0 Å². The van der Waals surface area contributed by atoms with Crippen molar-refractivity contribution in [3.63, 3.8) is 0 Å². The standard InChI is InChI=1S/C15H21N3O/c19-14-4-1-5-15(17-14)6-9-18(10-7-15)12-13-3-2-8-16-11-13/h2-3,8,11H,1,4-7,9-10,12H2,(H,17,19). The Bertz CT molecular complexity index is 438. The van der Waals surface area contributed by atoms with Crippen LogP contribution in [0.1, 0.15) is 37.7 Å². The van der Waals surface area contributed by atoms with Gasteiger partial charge in [-0.3, -0.25) is 14.7 Å². The van der Waals surface area contributed by atoms with Gasteiger partial charge in [0, 0.05) is 44.0 Å². The highest BCUT2D eigenvalue weighted by Crippen LogP contribution is 2.31. The van der Waals surface area contributed by atoms with Crippen molar-refractivity contribution >= 4 is 5.91 Å². The number of nitrogens with one attached hydrogen (secondary N) is 1. The molecule has 4 heteroatoms. The summed E-state index contributed by atoms with van der Waals surface area (Å²) in [6.07, 6.45) is 8.83. The van der Waals surface area contributed by atoms with Gasteiger partial charge in [-0.25, -0.2) is 0 Å². The molecule has 0 saturated carbocycles. The third kappa shape index (κ3) is 2.95. The van der Waals surface area contributed by atoms with Gasteiger partial charge in [-0.2, -0.15) is 0 Å². The average molecular weight is 259 g/mol. The minimum Gasteiger partial charge on any atom is -0.351 e. The van der Waals surface area contributed by atoms with E-state index in [1.165, 1.54) is 5.56 Å². The van der Waals surface area contributed by atoms with Crippen molar-refractivity contribution in [2.45, 2.75) is 44.2 Å². The van der Waals surface area contributed by atoms with Crippen LogP contribution in [0.25, 0.3) is 0 Å². The highest BCUT2D eigenvalue weighted by molar-refractivity contribution is 5.77. The molecule has 0 atom stereocenters. The van der Waals surface area contributed by atoms with Crippen LogP contribution in [-0.2, 0) is 11.3 Å². The van der Waals surface area contributed by atoms with Crippen LogP contribution in [0.2, 0.25) is 0 Å². The molecule has 2 aliphatic heterocycles. The maximum Gasteiger partial charge on any atom is 0.220 e. The lowest BCUT2D eigenvalue weighted by atomic mass is 9.80. The monoisotopic (exact) mass is 259 g/mol. The third-order valence-corrected chi connectivity index (χ3v) is 4.41. The molecule has 1 amide bonds. The molecule has 0 unspecified atom stereocenters. The van der Waals surface area contributed by atoms with E-state index in [0.29, 0.717) is 6.42 Å². The minimum absolute atomic E-state index is 0.0980. The Morgan fingerprint density at radius 3 is 2.84 bits per heavy atom. The lowest BCUT2D eigenvalue weighted by Crippen LogP contribution is -2.57. The fourth-order valence-corrected chi connectivity index (χ4v) is 3.27. The van der Waals surface area contributed by atoms with Crippen LogP contribution in [0, 0.1) is 0 Å². The van der Waals surface area contributed by atoms with Gasteiger partial charge in [0.1, 0.15) is 0 Å². The molecular formula is C15H21N3O. The van der Waals surface area contributed by atoms with Crippen LogP contribution in [0.3, 0.4) is 0 Å². The number of carbonyl (C=O) groups excluding carboxylic acids is 1. The highest BCUT2D eigenvalue weighted by Gasteiger charge is 2.37. The molecule has 0 aliphatic carbocycles. The maximum atomic E-state index is 11.6. The van der Waals surface area contributed by atoms with Crippen molar-refractivity contribution in [1.29, 1.82) is 0 Å². The van der Waals surface area contributed by atoms with E-state index in [9.17, 15) is 4.79 Å². The largest absolute Gasteiger partial charge is 0.351 e. The van der Waals surface area contributed by atoms with Gasteiger partial charge in [-0.1, -0.05) is 6.07 Å². The highest BCUT2D eigenvalue weighted by atomic mass is 16.1. The fraction of sp³-hybridized carbons (Fsp3) is 0.600. The number of pyridine rings is 1.